The van der Waals surface area contributed by atoms with Crippen molar-refractivity contribution in [1.82, 2.24) is 0 Å². The lowest BCUT2D eigenvalue weighted by molar-refractivity contribution is -0.218. The second kappa shape index (κ2) is 4.43. The van der Waals surface area contributed by atoms with E-state index in [1.54, 1.807) is 0 Å². The van der Waals surface area contributed by atoms with Crippen LogP contribution in [-0.4, -0.2) is 19.4 Å². The molecule has 0 radical (unpaired) electrons. The standard InChI is InChI=1S/C9H7F4NO2/c1-2-15-8-5(4-14)7(11)6(3-10)9(12,13)16-8/h2-3H2,1H3. The highest BCUT2D eigenvalue weighted by Crippen LogP contribution is 2.39. The van der Waals surface area contributed by atoms with Crippen molar-refractivity contribution in [3.8, 4) is 6.07 Å². The fraction of sp³-hybridized carbons (Fsp3) is 0.444. The van der Waals surface area contributed by atoms with Gasteiger partial charge < -0.3 is 9.47 Å². The highest BCUT2D eigenvalue weighted by Gasteiger charge is 2.47. The summed E-state index contributed by atoms with van der Waals surface area (Å²) in [5, 5.41) is 8.53. The van der Waals surface area contributed by atoms with E-state index in [2.05, 4.69) is 9.47 Å². The van der Waals surface area contributed by atoms with Crippen molar-refractivity contribution in [2.75, 3.05) is 13.3 Å². The van der Waals surface area contributed by atoms with Crippen molar-refractivity contribution in [3.05, 3.63) is 22.9 Å². The Hall–Kier alpha value is -1.71. The Morgan fingerprint density at radius 2 is 2.12 bits per heavy atom. The summed E-state index contributed by atoms with van der Waals surface area (Å²) in [5.74, 6) is -2.56. The van der Waals surface area contributed by atoms with Crippen LogP contribution < -0.4 is 0 Å². The van der Waals surface area contributed by atoms with Crippen LogP contribution in [0.5, 0.6) is 0 Å². The molecule has 0 amide bonds. The average Bonchev–Trinajstić information content (AvgIpc) is 2.17. The average molecular weight is 237 g/mol. The predicted octanol–water partition coefficient (Wildman–Crippen LogP) is 2.57. The molecule has 0 N–H and O–H groups in total. The van der Waals surface area contributed by atoms with E-state index in [9.17, 15) is 17.6 Å². The highest BCUT2D eigenvalue weighted by atomic mass is 19.3. The quantitative estimate of drug-likeness (QED) is 0.708. The van der Waals surface area contributed by atoms with E-state index in [0.717, 1.165) is 0 Å². The van der Waals surface area contributed by atoms with Crippen molar-refractivity contribution in [1.29, 1.82) is 5.26 Å². The van der Waals surface area contributed by atoms with Gasteiger partial charge >= 0.3 is 12.1 Å². The van der Waals surface area contributed by atoms with Crippen LogP contribution in [0.3, 0.4) is 0 Å². The van der Waals surface area contributed by atoms with E-state index in [-0.39, 0.29) is 6.61 Å². The van der Waals surface area contributed by atoms with Crippen LogP contribution >= 0.6 is 0 Å². The zero-order chi connectivity index (χ0) is 12.3. The third-order valence-electron chi connectivity index (χ3n) is 1.78. The van der Waals surface area contributed by atoms with Gasteiger partial charge in [-0.2, -0.15) is 14.0 Å². The van der Waals surface area contributed by atoms with E-state index < -0.39 is 35.7 Å². The first kappa shape index (κ1) is 12.4. The van der Waals surface area contributed by atoms with Gasteiger partial charge in [-0.05, 0) is 6.92 Å². The van der Waals surface area contributed by atoms with Crippen LogP contribution in [0.4, 0.5) is 17.6 Å². The number of halogens is 4. The lowest BCUT2D eigenvalue weighted by atomic mass is 10.1. The second-order valence-electron chi connectivity index (χ2n) is 2.75. The van der Waals surface area contributed by atoms with E-state index in [1.165, 1.54) is 13.0 Å². The number of nitrogens with zero attached hydrogens (tertiary/aromatic N) is 1. The molecule has 1 heterocycles. The first-order valence-corrected chi connectivity index (χ1v) is 4.27. The smallest absolute Gasteiger partial charge is 0.430 e. The van der Waals surface area contributed by atoms with Crippen molar-refractivity contribution in [2.24, 2.45) is 0 Å². The Balaban J connectivity index is 3.28. The van der Waals surface area contributed by atoms with Crippen molar-refractivity contribution in [3.63, 3.8) is 0 Å². The number of alkyl halides is 3. The normalized spacial score (nSPS) is 19.2. The molecule has 0 fully saturated rings. The molecular weight excluding hydrogens is 230 g/mol. The van der Waals surface area contributed by atoms with Gasteiger partial charge in [0.2, 0.25) is 0 Å². The number of nitriles is 1. The van der Waals surface area contributed by atoms with Crippen LogP contribution in [-0.2, 0) is 9.47 Å². The highest BCUT2D eigenvalue weighted by molar-refractivity contribution is 5.45. The molecule has 0 saturated carbocycles. The van der Waals surface area contributed by atoms with Gasteiger partial charge in [-0.3, -0.25) is 0 Å². The third kappa shape index (κ3) is 1.96. The largest absolute Gasteiger partial charge is 0.465 e. The Kier molecular flexibility index (Phi) is 3.42. The van der Waals surface area contributed by atoms with Gasteiger partial charge in [0.1, 0.15) is 18.3 Å². The monoisotopic (exact) mass is 237 g/mol. The van der Waals surface area contributed by atoms with Gasteiger partial charge in [0, 0.05) is 0 Å². The summed E-state index contributed by atoms with van der Waals surface area (Å²) in [5.41, 5.74) is -2.37. The topological polar surface area (TPSA) is 42.2 Å². The fourth-order valence-electron chi connectivity index (χ4n) is 1.06. The maximum absolute atomic E-state index is 13.3. The Bertz CT molecular complexity index is 395. The summed E-state index contributed by atoms with van der Waals surface area (Å²) in [6, 6.07) is 1.29. The molecule has 0 aromatic rings. The zero-order valence-corrected chi connectivity index (χ0v) is 8.19. The molecule has 0 aromatic carbocycles. The molecule has 0 aromatic heterocycles. The summed E-state index contributed by atoms with van der Waals surface area (Å²) in [7, 11) is 0. The Morgan fingerprint density at radius 3 is 2.56 bits per heavy atom. The molecule has 1 aliphatic rings. The maximum atomic E-state index is 13.3. The Labute approximate surface area is 88.6 Å². The fourth-order valence-corrected chi connectivity index (χ4v) is 1.06. The zero-order valence-electron chi connectivity index (χ0n) is 8.19. The molecule has 16 heavy (non-hydrogen) atoms. The molecule has 0 saturated heterocycles. The van der Waals surface area contributed by atoms with E-state index in [1.807, 2.05) is 0 Å². The van der Waals surface area contributed by atoms with Crippen LogP contribution in [0, 0.1) is 11.3 Å². The SMILES string of the molecule is CCOC1=C(C#N)C(F)=C(CF)C(F)(F)O1. The van der Waals surface area contributed by atoms with Crippen molar-refractivity contribution in [2.45, 2.75) is 13.0 Å². The summed E-state index contributed by atoms with van der Waals surface area (Å²) < 4.78 is 60.1. The number of allylic oxidation sites excluding steroid dienone is 2. The Morgan fingerprint density at radius 1 is 1.50 bits per heavy atom. The van der Waals surface area contributed by atoms with Crippen molar-refractivity contribution >= 4 is 0 Å². The first-order valence-electron chi connectivity index (χ1n) is 4.27. The molecule has 0 unspecified atom stereocenters. The lowest BCUT2D eigenvalue weighted by Crippen LogP contribution is -2.30. The molecule has 0 atom stereocenters. The van der Waals surface area contributed by atoms with E-state index in [0.29, 0.717) is 0 Å². The molecule has 0 bridgehead atoms. The lowest BCUT2D eigenvalue weighted by Gasteiger charge is -2.25. The molecule has 7 heteroatoms. The van der Waals surface area contributed by atoms with Crippen LogP contribution in [0.25, 0.3) is 0 Å². The van der Waals surface area contributed by atoms with Crippen LogP contribution in [0.1, 0.15) is 6.92 Å². The first-order chi connectivity index (χ1) is 7.47. The summed E-state index contributed by atoms with van der Waals surface area (Å²) >= 11 is 0. The van der Waals surface area contributed by atoms with Gasteiger partial charge in [-0.1, -0.05) is 0 Å². The number of rotatable bonds is 3. The minimum absolute atomic E-state index is 0.0885. The van der Waals surface area contributed by atoms with Gasteiger partial charge in [0.05, 0.1) is 6.61 Å². The van der Waals surface area contributed by atoms with Crippen LogP contribution in [0.15, 0.2) is 22.9 Å². The molecule has 1 rings (SSSR count). The molecule has 1 aliphatic heterocycles. The molecular formula is C9H7F4NO2. The van der Waals surface area contributed by atoms with Crippen molar-refractivity contribution < 1.29 is 27.0 Å². The minimum atomic E-state index is -4.14. The van der Waals surface area contributed by atoms with Gasteiger partial charge in [0.25, 0.3) is 0 Å². The van der Waals surface area contributed by atoms with Gasteiger partial charge in [0.15, 0.2) is 11.4 Å². The molecule has 88 valence electrons. The molecule has 0 aliphatic carbocycles. The minimum Gasteiger partial charge on any atom is -0.465 e. The van der Waals surface area contributed by atoms with E-state index >= 15 is 0 Å². The molecule has 0 spiro atoms. The summed E-state index contributed by atoms with van der Waals surface area (Å²) in [4.78, 5) is 0. The van der Waals surface area contributed by atoms with E-state index in [4.69, 9.17) is 5.26 Å². The summed E-state index contributed by atoms with van der Waals surface area (Å²) in [6.07, 6.45) is -4.14. The number of ether oxygens (including phenoxy) is 2. The number of hydrogen-bond acceptors (Lipinski definition) is 3. The third-order valence-corrected chi connectivity index (χ3v) is 1.78. The predicted molar refractivity (Wildman–Crippen MR) is 44.4 cm³/mol. The molecule has 3 nitrogen and oxygen atoms in total. The van der Waals surface area contributed by atoms with Gasteiger partial charge in [-0.25, -0.2) is 8.78 Å². The summed E-state index contributed by atoms with van der Waals surface area (Å²) in [6.45, 7) is -0.395. The number of hydrogen-bond donors (Lipinski definition) is 0. The second-order valence-corrected chi connectivity index (χ2v) is 2.75. The maximum Gasteiger partial charge on any atom is 0.430 e. The van der Waals surface area contributed by atoms with Crippen LogP contribution in [0.2, 0.25) is 0 Å². The van der Waals surface area contributed by atoms with Gasteiger partial charge in [-0.15, -0.1) is 0 Å².